The molecule has 50 heavy (non-hydrogen) atoms. The van der Waals surface area contributed by atoms with Crippen LogP contribution >= 0.6 is 23.3 Å². The maximum Gasteiger partial charge on any atom is 0.435 e. The summed E-state index contributed by atoms with van der Waals surface area (Å²) < 4.78 is 15.7. The zero-order valence-electron chi connectivity index (χ0n) is 28.3. The molecule has 3 heterocycles. The molecule has 2 aromatic heterocycles. The zero-order valence-corrected chi connectivity index (χ0v) is 29.9. The number of nitrogens with one attached hydrogen (secondary N) is 1. The topological polar surface area (TPSA) is 149 Å². The highest BCUT2D eigenvalue weighted by atomic mass is 32.2. The van der Waals surface area contributed by atoms with E-state index in [-0.39, 0.29) is 23.5 Å². The van der Waals surface area contributed by atoms with Crippen LogP contribution in [0.1, 0.15) is 62.3 Å². The molecule has 1 aliphatic heterocycles. The lowest BCUT2D eigenvalue weighted by Crippen LogP contribution is -2.33. The van der Waals surface area contributed by atoms with E-state index in [4.69, 9.17) is 9.47 Å². The molecule has 0 aliphatic carbocycles. The van der Waals surface area contributed by atoms with Gasteiger partial charge in [0.2, 0.25) is 5.13 Å². The fourth-order valence-corrected chi connectivity index (χ4v) is 6.59. The minimum Gasteiger partial charge on any atom is -0.443 e. The van der Waals surface area contributed by atoms with Gasteiger partial charge in [-0.25, -0.2) is 14.5 Å². The highest BCUT2D eigenvalue weighted by Crippen LogP contribution is 2.36. The number of nitrogens with zero attached hydrogens (tertiary/aromatic N) is 6. The highest BCUT2D eigenvalue weighted by Gasteiger charge is 2.34. The monoisotopic (exact) mass is 713 g/mol. The number of aromatic nitrogens is 4. The fourth-order valence-electron chi connectivity index (χ4n) is 5.06. The van der Waals surface area contributed by atoms with Gasteiger partial charge in [0.25, 0.3) is 11.8 Å². The Kier molecular flexibility index (Phi) is 9.37. The standard InChI is InChI=1S/C35H35N7O6S2/c1-34(2,3)47-32(45)41(24-14-15-27-22(19-24)20-36-42(27)33(46)48-35(4,5)6)31-38-37-28(50-31)21-10-9-11-23(18-21)39-49-17-16-40-29(43)25-12-7-8-13-26(25)30(40)44/h7-15,18-20,39H,16-17H2,1-6H3. The van der Waals surface area contributed by atoms with E-state index >= 15 is 0 Å². The van der Waals surface area contributed by atoms with Crippen molar-refractivity contribution in [2.24, 2.45) is 0 Å². The van der Waals surface area contributed by atoms with E-state index in [1.165, 1.54) is 44.0 Å². The van der Waals surface area contributed by atoms with E-state index in [1.54, 1.807) is 84.0 Å². The lowest BCUT2D eigenvalue weighted by molar-refractivity contribution is 0.0520. The summed E-state index contributed by atoms with van der Waals surface area (Å²) in [6, 6.07) is 19.4. The summed E-state index contributed by atoms with van der Waals surface area (Å²) in [5, 5.41) is 14.4. The Hall–Kier alpha value is -5.28. The van der Waals surface area contributed by atoms with Crippen LogP contribution in [0.2, 0.25) is 0 Å². The van der Waals surface area contributed by atoms with Crippen molar-refractivity contribution in [2.75, 3.05) is 21.9 Å². The molecule has 15 heteroatoms. The van der Waals surface area contributed by atoms with E-state index < -0.39 is 23.4 Å². The second-order valence-electron chi connectivity index (χ2n) is 13.3. The lowest BCUT2D eigenvalue weighted by atomic mass is 10.1. The second kappa shape index (κ2) is 13.6. The maximum atomic E-state index is 13.6. The third kappa shape index (κ3) is 7.48. The average molecular weight is 714 g/mol. The number of rotatable bonds is 8. The average Bonchev–Trinajstić information content (AvgIpc) is 3.76. The van der Waals surface area contributed by atoms with Gasteiger partial charge in [0.15, 0.2) is 0 Å². The Morgan fingerprint density at radius 2 is 1.58 bits per heavy atom. The molecule has 0 bridgehead atoms. The van der Waals surface area contributed by atoms with Crippen LogP contribution in [0.3, 0.4) is 0 Å². The number of fused-ring (bicyclic) bond motifs is 2. The molecule has 0 fully saturated rings. The second-order valence-corrected chi connectivity index (χ2v) is 15.2. The van der Waals surface area contributed by atoms with Crippen molar-refractivity contribution in [1.29, 1.82) is 0 Å². The molecule has 258 valence electrons. The quantitative estimate of drug-likeness (QED) is 0.0955. The molecule has 1 N–H and O–H groups in total. The smallest absolute Gasteiger partial charge is 0.435 e. The van der Waals surface area contributed by atoms with Gasteiger partial charge in [-0.15, -0.1) is 10.2 Å². The van der Waals surface area contributed by atoms with Crippen LogP contribution in [-0.4, -0.2) is 72.4 Å². The first-order valence-corrected chi connectivity index (χ1v) is 17.5. The normalized spacial score (nSPS) is 13.0. The van der Waals surface area contributed by atoms with Gasteiger partial charge in [-0.05, 0) is 84.0 Å². The van der Waals surface area contributed by atoms with Crippen molar-refractivity contribution in [3.63, 3.8) is 0 Å². The van der Waals surface area contributed by atoms with Crippen LogP contribution in [0.4, 0.5) is 26.1 Å². The summed E-state index contributed by atoms with van der Waals surface area (Å²) in [4.78, 5) is 54.3. The number of ether oxygens (including phenoxy) is 2. The van der Waals surface area contributed by atoms with Gasteiger partial charge < -0.3 is 14.2 Å². The molecule has 5 aromatic rings. The van der Waals surface area contributed by atoms with Crippen molar-refractivity contribution in [1.82, 2.24) is 24.9 Å². The third-order valence-electron chi connectivity index (χ3n) is 7.15. The molecule has 3 amide bonds. The molecule has 1 aliphatic rings. The Bertz CT molecular complexity index is 2080. The van der Waals surface area contributed by atoms with Crippen LogP contribution in [0.5, 0.6) is 0 Å². The maximum absolute atomic E-state index is 13.6. The number of benzene rings is 3. The SMILES string of the molecule is CC(C)(C)OC(=O)N(c1ccc2c(cnn2C(=O)OC(C)(C)C)c1)c1nnc(-c2cccc(NSCCN3C(=O)c4ccccc4C3=O)c2)s1. The minimum atomic E-state index is -0.786. The van der Waals surface area contributed by atoms with E-state index in [9.17, 15) is 19.2 Å². The first-order valence-electron chi connectivity index (χ1n) is 15.7. The first kappa shape index (κ1) is 34.6. The Labute approximate surface area is 296 Å². The van der Waals surface area contributed by atoms with Gasteiger partial charge in [0.05, 0.1) is 28.5 Å². The van der Waals surface area contributed by atoms with Gasteiger partial charge in [0, 0.05) is 28.9 Å². The highest BCUT2D eigenvalue weighted by molar-refractivity contribution is 8.00. The van der Waals surface area contributed by atoms with Crippen molar-refractivity contribution < 1.29 is 28.7 Å². The first-order chi connectivity index (χ1) is 23.7. The molecule has 6 rings (SSSR count). The van der Waals surface area contributed by atoms with Crippen LogP contribution in [0.25, 0.3) is 21.5 Å². The number of amides is 3. The molecular weight excluding hydrogens is 679 g/mol. The zero-order chi connectivity index (χ0) is 35.8. The molecule has 0 radical (unpaired) electrons. The van der Waals surface area contributed by atoms with Crippen LogP contribution < -0.4 is 9.62 Å². The van der Waals surface area contributed by atoms with Gasteiger partial charge in [0.1, 0.15) is 16.2 Å². The van der Waals surface area contributed by atoms with E-state index in [0.717, 1.165) is 11.3 Å². The predicted molar refractivity (Wildman–Crippen MR) is 193 cm³/mol. The summed E-state index contributed by atoms with van der Waals surface area (Å²) in [6.07, 6.45) is 0.262. The van der Waals surface area contributed by atoms with Crippen LogP contribution in [0, 0.1) is 0 Å². The Balaban J connectivity index is 1.18. The predicted octanol–water partition coefficient (Wildman–Crippen LogP) is 7.77. The van der Waals surface area contributed by atoms with Gasteiger partial charge in [-0.2, -0.15) is 9.78 Å². The van der Waals surface area contributed by atoms with Crippen LogP contribution in [0.15, 0.2) is 72.9 Å². The molecule has 0 saturated carbocycles. The van der Waals surface area contributed by atoms with Gasteiger partial charge >= 0.3 is 12.2 Å². The molecule has 13 nitrogen and oxygen atoms in total. The molecule has 3 aromatic carbocycles. The number of anilines is 3. The Morgan fingerprint density at radius 3 is 2.26 bits per heavy atom. The lowest BCUT2D eigenvalue weighted by Gasteiger charge is -2.25. The summed E-state index contributed by atoms with van der Waals surface area (Å²) in [5.74, 6) is -0.0853. The van der Waals surface area contributed by atoms with Crippen molar-refractivity contribution in [3.8, 4) is 10.6 Å². The number of hydrogen-bond donors (Lipinski definition) is 1. The van der Waals surface area contributed by atoms with Crippen molar-refractivity contribution in [2.45, 2.75) is 52.7 Å². The van der Waals surface area contributed by atoms with E-state index in [0.29, 0.717) is 38.5 Å². The Morgan fingerprint density at radius 1 is 0.880 bits per heavy atom. The summed E-state index contributed by atoms with van der Waals surface area (Å²) in [5.41, 5.74) is 1.88. The molecule has 0 unspecified atom stereocenters. The molecular formula is C35H35N7O6S2. The minimum absolute atomic E-state index is 0.261. The van der Waals surface area contributed by atoms with Gasteiger partial charge in [-0.3, -0.25) is 14.5 Å². The molecule has 0 saturated heterocycles. The summed E-state index contributed by atoms with van der Waals surface area (Å²) >= 11 is 2.57. The number of carbonyl (C=O) groups is 4. The van der Waals surface area contributed by atoms with Gasteiger partial charge in [-0.1, -0.05) is 47.6 Å². The number of hydrogen-bond acceptors (Lipinski definition) is 12. The summed E-state index contributed by atoms with van der Waals surface area (Å²) in [6.45, 7) is 10.9. The molecule has 0 spiro atoms. The summed E-state index contributed by atoms with van der Waals surface area (Å²) in [7, 11) is 0. The number of imide groups is 1. The fraction of sp³-hybridized carbons (Fsp3) is 0.286. The largest absolute Gasteiger partial charge is 0.443 e. The molecule has 0 atom stereocenters. The van der Waals surface area contributed by atoms with Crippen molar-refractivity contribution >= 4 is 74.7 Å². The van der Waals surface area contributed by atoms with Crippen molar-refractivity contribution in [3.05, 3.63) is 84.1 Å². The van der Waals surface area contributed by atoms with E-state index in [1.807, 2.05) is 24.3 Å². The number of carbonyl (C=O) groups excluding carboxylic acids is 4. The van der Waals surface area contributed by atoms with E-state index in [2.05, 4.69) is 20.0 Å². The third-order valence-corrected chi connectivity index (χ3v) is 8.88. The van der Waals surface area contributed by atoms with Crippen LogP contribution in [-0.2, 0) is 9.47 Å².